The van der Waals surface area contributed by atoms with Crippen LogP contribution in [0.5, 0.6) is 5.75 Å². The normalized spacial score (nSPS) is 13.0. The summed E-state index contributed by atoms with van der Waals surface area (Å²) in [4.78, 5) is 23.2. The van der Waals surface area contributed by atoms with Gasteiger partial charge < -0.3 is 15.4 Å². The number of fused-ring (bicyclic) bond motifs is 1. The van der Waals surface area contributed by atoms with Gasteiger partial charge in [-0.1, -0.05) is 17.7 Å². The van der Waals surface area contributed by atoms with Gasteiger partial charge in [-0.25, -0.2) is 0 Å². The summed E-state index contributed by atoms with van der Waals surface area (Å²) >= 11 is 5.87. The van der Waals surface area contributed by atoms with Gasteiger partial charge in [-0.15, -0.1) is 0 Å². The van der Waals surface area contributed by atoms with Crippen LogP contribution in [0.1, 0.15) is 12.0 Å². The molecule has 0 aliphatic carbocycles. The SMILES string of the molecule is O=C(COc1ccc2c(c1)CCC(=O)N2)Nc1cccc(Cl)c1. The molecule has 1 aliphatic heterocycles. The molecule has 0 aromatic heterocycles. The molecule has 0 atom stereocenters. The number of carbonyl (C=O) groups excluding carboxylic acids is 2. The van der Waals surface area contributed by atoms with E-state index in [0.717, 1.165) is 11.3 Å². The molecule has 0 radical (unpaired) electrons. The first-order valence-corrected chi connectivity index (χ1v) is 7.59. The lowest BCUT2D eigenvalue weighted by Crippen LogP contribution is -2.21. The Morgan fingerprint density at radius 1 is 1.22 bits per heavy atom. The van der Waals surface area contributed by atoms with Gasteiger partial charge >= 0.3 is 0 Å². The lowest BCUT2D eigenvalue weighted by atomic mass is 10.0. The monoisotopic (exact) mass is 330 g/mol. The summed E-state index contributed by atoms with van der Waals surface area (Å²) in [7, 11) is 0. The Morgan fingerprint density at radius 3 is 2.91 bits per heavy atom. The summed E-state index contributed by atoms with van der Waals surface area (Å²) in [5, 5.41) is 6.08. The molecule has 0 saturated carbocycles. The second-order valence-corrected chi connectivity index (χ2v) is 5.65. The molecule has 2 aromatic carbocycles. The van der Waals surface area contributed by atoms with Crippen molar-refractivity contribution in [1.29, 1.82) is 0 Å². The van der Waals surface area contributed by atoms with E-state index in [0.29, 0.717) is 29.3 Å². The Kier molecular flexibility index (Phi) is 4.48. The zero-order valence-electron chi connectivity index (χ0n) is 12.3. The minimum atomic E-state index is -0.265. The van der Waals surface area contributed by atoms with Crippen LogP contribution in [0, 0.1) is 0 Å². The van der Waals surface area contributed by atoms with Crippen LogP contribution in [-0.4, -0.2) is 18.4 Å². The predicted octanol–water partition coefficient (Wildman–Crippen LogP) is 3.24. The van der Waals surface area contributed by atoms with Gasteiger partial charge in [-0.2, -0.15) is 0 Å². The van der Waals surface area contributed by atoms with Crippen LogP contribution in [0.15, 0.2) is 42.5 Å². The summed E-state index contributed by atoms with van der Waals surface area (Å²) in [5.41, 5.74) is 2.44. The first-order valence-electron chi connectivity index (χ1n) is 7.21. The van der Waals surface area contributed by atoms with Crippen molar-refractivity contribution in [1.82, 2.24) is 0 Å². The lowest BCUT2D eigenvalue weighted by Gasteiger charge is -2.17. The molecule has 0 bridgehead atoms. The molecule has 3 rings (SSSR count). The van der Waals surface area contributed by atoms with Gasteiger partial charge in [0.05, 0.1) is 0 Å². The molecular weight excluding hydrogens is 316 g/mol. The standard InChI is InChI=1S/C17H15ClN2O3/c18-12-2-1-3-13(9-12)19-17(22)10-23-14-5-6-15-11(8-14)4-7-16(21)20-15/h1-3,5-6,8-9H,4,7,10H2,(H,19,22)(H,20,21). The van der Waals surface area contributed by atoms with Crippen LogP contribution in [0.3, 0.4) is 0 Å². The molecule has 1 heterocycles. The van der Waals surface area contributed by atoms with E-state index < -0.39 is 0 Å². The Balaban J connectivity index is 1.58. The summed E-state index contributed by atoms with van der Waals surface area (Å²) in [6, 6.07) is 12.3. The minimum absolute atomic E-state index is 0.0204. The van der Waals surface area contributed by atoms with Crippen molar-refractivity contribution in [2.75, 3.05) is 17.2 Å². The van der Waals surface area contributed by atoms with E-state index in [-0.39, 0.29) is 18.4 Å². The molecule has 2 aromatic rings. The smallest absolute Gasteiger partial charge is 0.262 e. The highest BCUT2D eigenvalue weighted by Gasteiger charge is 2.15. The molecule has 5 nitrogen and oxygen atoms in total. The number of benzene rings is 2. The van der Waals surface area contributed by atoms with Crippen molar-refractivity contribution in [2.45, 2.75) is 12.8 Å². The molecule has 2 N–H and O–H groups in total. The minimum Gasteiger partial charge on any atom is -0.484 e. The molecule has 1 aliphatic rings. The summed E-state index contributed by atoms with van der Waals surface area (Å²) in [6.07, 6.45) is 1.14. The molecule has 2 amide bonds. The molecule has 6 heteroatoms. The highest BCUT2D eigenvalue weighted by atomic mass is 35.5. The number of rotatable bonds is 4. The van der Waals surface area contributed by atoms with Gasteiger partial charge in [0.2, 0.25) is 5.91 Å². The number of aryl methyl sites for hydroxylation is 1. The number of hydrogen-bond donors (Lipinski definition) is 2. The molecule has 0 saturated heterocycles. The number of carbonyl (C=O) groups is 2. The molecule has 118 valence electrons. The van der Waals surface area contributed by atoms with E-state index in [1.54, 1.807) is 36.4 Å². The summed E-state index contributed by atoms with van der Waals surface area (Å²) in [6.45, 7) is -0.0995. The van der Waals surface area contributed by atoms with Crippen molar-refractivity contribution in [3.63, 3.8) is 0 Å². The Hall–Kier alpha value is -2.53. The van der Waals surface area contributed by atoms with Crippen molar-refractivity contribution in [2.24, 2.45) is 0 Å². The van der Waals surface area contributed by atoms with Crippen LogP contribution in [0.4, 0.5) is 11.4 Å². The second-order valence-electron chi connectivity index (χ2n) is 5.21. The Morgan fingerprint density at radius 2 is 2.09 bits per heavy atom. The van der Waals surface area contributed by atoms with Crippen molar-refractivity contribution in [3.8, 4) is 5.75 Å². The van der Waals surface area contributed by atoms with Gasteiger partial charge in [0, 0.05) is 22.8 Å². The van der Waals surface area contributed by atoms with Crippen molar-refractivity contribution >= 4 is 34.8 Å². The maximum Gasteiger partial charge on any atom is 0.262 e. The number of hydrogen-bond acceptors (Lipinski definition) is 3. The van der Waals surface area contributed by atoms with E-state index in [1.807, 2.05) is 6.07 Å². The maximum absolute atomic E-state index is 11.9. The van der Waals surface area contributed by atoms with Gasteiger partial charge in [-0.05, 0) is 48.4 Å². The van der Waals surface area contributed by atoms with Crippen LogP contribution in [-0.2, 0) is 16.0 Å². The van der Waals surface area contributed by atoms with Crippen LogP contribution in [0.2, 0.25) is 5.02 Å². The zero-order chi connectivity index (χ0) is 16.2. The van der Waals surface area contributed by atoms with Crippen LogP contribution >= 0.6 is 11.6 Å². The number of anilines is 2. The summed E-state index contributed by atoms with van der Waals surface area (Å²) in [5.74, 6) is 0.353. The van der Waals surface area contributed by atoms with Crippen LogP contribution in [0.25, 0.3) is 0 Å². The van der Waals surface area contributed by atoms with E-state index in [2.05, 4.69) is 10.6 Å². The lowest BCUT2D eigenvalue weighted by molar-refractivity contribution is -0.118. The van der Waals surface area contributed by atoms with Crippen molar-refractivity contribution in [3.05, 3.63) is 53.1 Å². The quantitative estimate of drug-likeness (QED) is 0.904. The Bertz CT molecular complexity index is 761. The van der Waals surface area contributed by atoms with E-state index in [4.69, 9.17) is 16.3 Å². The maximum atomic E-state index is 11.9. The Labute approximate surface area is 138 Å². The highest BCUT2D eigenvalue weighted by molar-refractivity contribution is 6.30. The number of amides is 2. The molecule has 0 unspecified atom stereocenters. The fraction of sp³-hybridized carbons (Fsp3) is 0.176. The summed E-state index contributed by atoms with van der Waals surface area (Å²) < 4.78 is 5.51. The number of nitrogens with one attached hydrogen (secondary N) is 2. The zero-order valence-corrected chi connectivity index (χ0v) is 13.0. The van der Waals surface area contributed by atoms with E-state index in [1.165, 1.54) is 0 Å². The molecular formula is C17H15ClN2O3. The first-order chi connectivity index (χ1) is 11.1. The highest BCUT2D eigenvalue weighted by Crippen LogP contribution is 2.26. The average molecular weight is 331 g/mol. The van der Waals surface area contributed by atoms with Crippen LogP contribution < -0.4 is 15.4 Å². The van der Waals surface area contributed by atoms with Crippen molar-refractivity contribution < 1.29 is 14.3 Å². The first kappa shape index (κ1) is 15.4. The van der Waals surface area contributed by atoms with E-state index >= 15 is 0 Å². The fourth-order valence-electron chi connectivity index (χ4n) is 2.36. The average Bonchev–Trinajstić information content (AvgIpc) is 2.53. The fourth-order valence-corrected chi connectivity index (χ4v) is 2.55. The van der Waals surface area contributed by atoms with Gasteiger partial charge in [0.25, 0.3) is 5.91 Å². The number of halogens is 1. The largest absolute Gasteiger partial charge is 0.484 e. The third-order valence-corrected chi connectivity index (χ3v) is 3.69. The predicted molar refractivity (Wildman–Crippen MR) is 89.0 cm³/mol. The topological polar surface area (TPSA) is 67.4 Å². The molecule has 0 spiro atoms. The molecule has 23 heavy (non-hydrogen) atoms. The second kappa shape index (κ2) is 6.71. The van der Waals surface area contributed by atoms with Gasteiger partial charge in [0.1, 0.15) is 5.75 Å². The number of ether oxygens (including phenoxy) is 1. The van der Waals surface area contributed by atoms with E-state index in [9.17, 15) is 9.59 Å². The molecule has 0 fully saturated rings. The van der Waals surface area contributed by atoms with Gasteiger partial charge in [-0.3, -0.25) is 9.59 Å². The third kappa shape index (κ3) is 4.02. The third-order valence-electron chi connectivity index (χ3n) is 3.45. The van der Waals surface area contributed by atoms with Gasteiger partial charge in [0.15, 0.2) is 6.61 Å².